The van der Waals surface area contributed by atoms with Gasteiger partial charge < -0.3 is 10.2 Å². The van der Waals surface area contributed by atoms with Crippen molar-refractivity contribution in [3.63, 3.8) is 0 Å². The van der Waals surface area contributed by atoms with Gasteiger partial charge in [0.2, 0.25) is 5.91 Å². The van der Waals surface area contributed by atoms with Crippen molar-refractivity contribution in [2.24, 2.45) is 0 Å². The maximum Gasteiger partial charge on any atom is 0.235 e. The SMILES string of the molecule is CN(CC(=O)NC1(C#N)CCCC1)Cc1cccc(N(C)C)c1. The first-order valence-electron chi connectivity index (χ1n) is 8.11. The number of carbonyl (C=O) groups excluding carboxylic acids is 1. The molecule has 23 heavy (non-hydrogen) atoms. The number of nitrogens with zero attached hydrogens (tertiary/aromatic N) is 3. The van der Waals surface area contributed by atoms with E-state index in [0.29, 0.717) is 13.1 Å². The largest absolute Gasteiger partial charge is 0.378 e. The average Bonchev–Trinajstić information content (AvgIpc) is 2.96. The third-order valence-corrected chi connectivity index (χ3v) is 4.34. The van der Waals surface area contributed by atoms with Gasteiger partial charge in [0.25, 0.3) is 0 Å². The molecule has 1 N–H and O–H groups in total. The second kappa shape index (κ2) is 7.47. The quantitative estimate of drug-likeness (QED) is 0.874. The van der Waals surface area contributed by atoms with Gasteiger partial charge in [-0.3, -0.25) is 9.69 Å². The fourth-order valence-electron chi connectivity index (χ4n) is 3.10. The minimum absolute atomic E-state index is 0.0697. The van der Waals surface area contributed by atoms with Crippen molar-refractivity contribution in [2.45, 2.75) is 37.8 Å². The van der Waals surface area contributed by atoms with Crippen molar-refractivity contribution in [2.75, 3.05) is 32.6 Å². The molecule has 0 saturated heterocycles. The molecule has 0 bridgehead atoms. The van der Waals surface area contributed by atoms with Crippen LogP contribution >= 0.6 is 0 Å². The van der Waals surface area contributed by atoms with Crippen LogP contribution in [0.15, 0.2) is 24.3 Å². The molecule has 5 heteroatoms. The normalized spacial score (nSPS) is 16.1. The lowest BCUT2D eigenvalue weighted by atomic mass is 10.00. The standard InChI is InChI=1S/C18H26N4O/c1-21(2)16-8-6-7-15(11-16)12-22(3)13-17(23)20-18(14-19)9-4-5-10-18/h6-8,11H,4-5,9-10,12-13H2,1-3H3,(H,20,23). The van der Waals surface area contributed by atoms with Crippen LogP contribution in [0, 0.1) is 11.3 Å². The van der Waals surface area contributed by atoms with Crippen molar-refractivity contribution in [3.05, 3.63) is 29.8 Å². The molecule has 0 heterocycles. The van der Waals surface area contributed by atoms with E-state index in [-0.39, 0.29) is 5.91 Å². The zero-order chi connectivity index (χ0) is 16.9. The molecule has 1 aromatic carbocycles. The molecule has 2 rings (SSSR count). The van der Waals surface area contributed by atoms with Gasteiger partial charge in [-0.05, 0) is 50.4 Å². The van der Waals surface area contributed by atoms with Crippen molar-refractivity contribution in [1.82, 2.24) is 10.2 Å². The third kappa shape index (κ3) is 4.70. The molecule has 1 amide bonds. The minimum Gasteiger partial charge on any atom is -0.378 e. The number of amides is 1. The van der Waals surface area contributed by atoms with Crippen LogP contribution in [0.4, 0.5) is 5.69 Å². The Morgan fingerprint density at radius 1 is 1.30 bits per heavy atom. The summed E-state index contributed by atoms with van der Waals surface area (Å²) in [4.78, 5) is 16.3. The summed E-state index contributed by atoms with van der Waals surface area (Å²) < 4.78 is 0. The van der Waals surface area contributed by atoms with Crippen LogP contribution in [0.3, 0.4) is 0 Å². The van der Waals surface area contributed by atoms with Gasteiger partial charge in [0.1, 0.15) is 5.54 Å². The summed E-state index contributed by atoms with van der Waals surface area (Å²) >= 11 is 0. The summed E-state index contributed by atoms with van der Waals surface area (Å²) in [5.74, 6) is -0.0697. The van der Waals surface area contributed by atoms with Crippen LogP contribution in [0.5, 0.6) is 0 Å². The maximum atomic E-state index is 12.2. The van der Waals surface area contributed by atoms with Gasteiger partial charge in [0.05, 0.1) is 12.6 Å². The molecule has 0 spiro atoms. The van der Waals surface area contributed by atoms with Gasteiger partial charge in [0.15, 0.2) is 0 Å². The Labute approximate surface area is 138 Å². The number of nitrogens with one attached hydrogen (secondary N) is 1. The molecule has 1 aliphatic carbocycles. The van der Waals surface area contributed by atoms with E-state index in [1.165, 1.54) is 5.56 Å². The molecular weight excluding hydrogens is 288 g/mol. The summed E-state index contributed by atoms with van der Waals surface area (Å²) in [5, 5.41) is 12.3. The highest BCUT2D eigenvalue weighted by atomic mass is 16.2. The van der Waals surface area contributed by atoms with Crippen LogP contribution in [0.25, 0.3) is 0 Å². The summed E-state index contributed by atoms with van der Waals surface area (Å²) in [6, 6.07) is 10.6. The van der Waals surface area contributed by atoms with Gasteiger partial charge in [-0.2, -0.15) is 5.26 Å². The first-order valence-corrected chi connectivity index (χ1v) is 8.11. The Hall–Kier alpha value is -2.06. The molecule has 0 aromatic heterocycles. The number of rotatable bonds is 6. The second-order valence-electron chi connectivity index (χ2n) is 6.69. The van der Waals surface area contributed by atoms with Crippen LogP contribution in [-0.4, -0.2) is 44.0 Å². The summed E-state index contributed by atoms with van der Waals surface area (Å²) in [5.41, 5.74) is 1.68. The number of carbonyl (C=O) groups is 1. The van der Waals surface area contributed by atoms with Crippen LogP contribution in [0.1, 0.15) is 31.2 Å². The fourth-order valence-corrected chi connectivity index (χ4v) is 3.10. The summed E-state index contributed by atoms with van der Waals surface area (Å²) in [6.45, 7) is 1.00. The first kappa shape index (κ1) is 17.3. The third-order valence-electron chi connectivity index (χ3n) is 4.34. The monoisotopic (exact) mass is 314 g/mol. The van der Waals surface area contributed by atoms with E-state index in [2.05, 4.69) is 34.5 Å². The van der Waals surface area contributed by atoms with E-state index in [1.54, 1.807) is 0 Å². The summed E-state index contributed by atoms with van der Waals surface area (Å²) in [7, 11) is 5.95. The molecule has 0 atom stereocenters. The Kier molecular flexibility index (Phi) is 5.62. The topological polar surface area (TPSA) is 59.4 Å². The van der Waals surface area contributed by atoms with E-state index in [1.807, 2.05) is 32.1 Å². The van der Waals surface area contributed by atoms with Crippen molar-refractivity contribution in [1.29, 1.82) is 5.26 Å². The number of anilines is 1. The highest BCUT2D eigenvalue weighted by Gasteiger charge is 2.35. The van der Waals surface area contributed by atoms with Gasteiger partial charge >= 0.3 is 0 Å². The molecule has 0 radical (unpaired) electrons. The number of hydrogen-bond acceptors (Lipinski definition) is 4. The predicted molar refractivity (Wildman–Crippen MR) is 92.1 cm³/mol. The van der Waals surface area contributed by atoms with E-state index in [0.717, 1.165) is 31.4 Å². The number of benzene rings is 1. The van der Waals surface area contributed by atoms with E-state index >= 15 is 0 Å². The maximum absolute atomic E-state index is 12.2. The molecular formula is C18H26N4O. The molecule has 124 valence electrons. The number of nitriles is 1. The average molecular weight is 314 g/mol. The van der Waals surface area contributed by atoms with Gasteiger partial charge in [-0.15, -0.1) is 0 Å². The second-order valence-corrected chi connectivity index (χ2v) is 6.69. The Morgan fingerprint density at radius 2 is 2.00 bits per heavy atom. The zero-order valence-electron chi connectivity index (χ0n) is 14.3. The lowest BCUT2D eigenvalue weighted by Crippen LogP contribution is -2.48. The lowest BCUT2D eigenvalue weighted by Gasteiger charge is -2.24. The van der Waals surface area contributed by atoms with Crippen LogP contribution in [0.2, 0.25) is 0 Å². The van der Waals surface area contributed by atoms with Crippen molar-refractivity contribution < 1.29 is 4.79 Å². The molecule has 5 nitrogen and oxygen atoms in total. The highest BCUT2D eigenvalue weighted by molar-refractivity contribution is 5.79. The Balaban J connectivity index is 1.89. The molecule has 1 aliphatic rings. The Morgan fingerprint density at radius 3 is 2.61 bits per heavy atom. The number of likely N-dealkylation sites (N-methyl/N-ethyl adjacent to an activating group) is 1. The van der Waals surface area contributed by atoms with E-state index < -0.39 is 5.54 Å². The van der Waals surface area contributed by atoms with Crippen molar-refractivity contribution >= 4 is 11.6 Å². The zero-order valence-corrected chi connectivity index (χ0v) is 14.3. The first-order chi connectivity index (χ1) is 10.9. The molecule has 0 unspecified atom stereocenters. The highest BCUT2D eigenvalue weighted by Crippen LogP contribution is 2.28. The molecule has 1 aromatic rings. The lowest BCUT2D eigenvalue weighted by molar-refractivity contribution is -0.123. The Bertz CT molecular complexity index is 585. The van der Waals surface area contributed by atoms with Crippen LogP contribution in [-0.2, 0) is 11.3 Å². The summed E-state index contributed by atoms with van der Waals surface area (Å²) in [6.07, 6.45) is 3.57. The fraction of sp³-hybridized carbons (Fsp3) is 0.556. The molecule has 1 saturated carbocycles. The smallest absolute Gasteiger partial charge is 0.235 e. The van der Waals surface area contributed by atoms with E-state index in [9.17, 15) is 10.1 Å². The van der Waals surface area contributed by atoms with Gasteiger partial charge in [0, 0.05) is 26.3 Å². The number of hydrogen-bond donors (Lipinski definition) is 1. The predicted octanol–water partition coefficient (Wildman–Crippen LogP) is 2.14. The minimum atomic E-state index is -0.636. The van der Waals surface area contributed by atoms with Gasteiger partial charge in [-0.25, -0.2) is 0 Å². The van der Waals surface area contributed by atoms with Crippen molar-refractivity contribution in [3.8, 4) is 6.07 Å². The van der Waals surface area contributed by atoms with E-state index in [4.69, 9.17) is 0 Å². The molecule has 0 aliphatic heterocycles. The van der Waals surface area contributed by atoms with Crippen LogP contribution < -0.4 is 10.2 Å². The molecule has 1 fully saturated rings. The van der Waals surface area contributed by atoms with Gasteiger partial charge in [-0.1, -0.05) is 12.1 Å².